The molecule has 0 amide bonds. The summed E-state index contributed by atoms with van der Waals surface area (Å²) in [6.45, 7) is 16.4. The molecular formula is C29H42N2O3. The van der Waals surface area contributed by atoms with Crippen LogP contribution < -0.4 is 9.47 Å². The van der Waals surface area contributed by atoms with E-state index in [0.29, 0.717) is 13.2 Å². The number of rotatable bonds is 16. The molecule has 0 aliphatic heterocycles. The minimum absolute atomic E-state index is 0.0808. The first-order valence-electron chi connectivity index (χ1n) is 13.1. The summed E-state index contributed by atoms with van der Waals surface area (Å²) in [5.74, 6) is 1.71. The monoisotopic (exact) mass is 466 g/mol. The lowest BCUT2D eigenvalue weighted by atomic mass is 10.1. The van der Waals surface area contributed by atoms with Gasteiger partial charge in [-0.1, -0.05) is 27.7 Å². The Hall–Kier alpha value is -2.37. The van der Waals surface area contributed by atoms with Gasteiger partial charge in [0, 0.05) is 24.2 Å². The quantitative estimate of drug-likeness (QED) is 0.263. The van der Waals surface area contributed by atoms with Crippen LogP contribution in [0.15, 0.2) is 36.4 Å². The van der Waals surface area contributed by atoms with Crippen LogP contribution >= 0.6 is 0 Å². The van der Waals surface area contributed by atoms with Gasteiger partial charge in [0.25, 0.3) is 0 Å². The molecule has 5 nitrogen and oxygen atoms in total. The third-order valence-electron chi connectivity index (χ3n) is 6.27. The Morgan fingerprint density at radius 3 is 1.29 bits per heavy atom. The zero-order chi connectivity index (χ0) is 24.3. The predicted molar refractivity (Wildman–Crippen MR) is 140 cm³/mol. The van der Waals surface area contributed by atoms with Gasteiger partial charge in [-0.05, 0) is 99.4 Å². The standard InChI is InChI=1S/C29H42N2O3/c1-5-13-30(14-6-2)17-19-33-23-9-11-25-27(21-23)28-22-24(10-12-26(28)29(25)32)34-20-18-31(15-7-3)16-8-4/h9-12,21-22H,5-8,13-20H2,1-4H3. The maximum absolute atomic E-state index is 12.9. The summed E-state index contributed by atoms with van der Waals surface area (Å²) in [7, 11) is 0. The highest BCUT2D eigenvalue weighted by Gasteiger charge is 2.27. The molecule has 3 rings (SSSR count). The Morgan fingerprint density at radius 1 is 0.559 bits per heavy atom. The first kappa shape index (κ1) is 26.2. The molecule has 5 heteroatoms. The fraction of sp³-hybridized carbons (Fsp3) is 0.552. The number of hydrogen-bond donors (Lipinski definition) is 0. The van der Waals surface area contributed by atoms with Gasteiger partial charge in [0.2, 0.25) is 0 Å². The van der Waals surface area contributed by atoms with Crippen molar-refractivity contribution < 1.29 is 14.3 Å². The van der Waals surface area contributed by atoms with Gasteiger partial charge in [0.1, 0.15) is 24.7 Å². The topological polar surface area (TPSA) is 42.0 Å². The maximum Gasteiger partial charge on any atom is 0.194 e. The predicted octanol–water partition coefficient (Wildman–Crippen LogP) is 5.90. The van der Waals surface area contributed by atoms with Crippen LogP contribution in [0.3, 0.4) is 0 Å². The molecule has 1 aliphatic rings. The Labute approximate surface area is 206 Å². The number of benzene rings is 2. The largest absolute Gasteiger partial charge is 0.492 e. The summed E-state index contributed by atoms with van der Waals surface area (Å²) < 4.78 is 12.2. The molecule has 0 saturated carbocycles. The van der Waals surface area contributed by atoms with Crippen molar-refractivity contribution in [3.8, 4) is 22.6 Å². The van der Waals surface area contributed by atoms with Crippen molar-refractivity contribution >= 4 is 5.78 Å². The first-order valence-corrected chi connectivity index (χ1v) is 13.1. The second kappa shape index (κ2) is 13.5. The molecule has 0 saturated heterocycles. The number of carbonyl (C=O) groups excluding carboxylic acids is 1. The summed E-state index contributed by atoms with van der Waals surface area (Å²) in [6.07, 6.45) is 4.60. The van der Waals surface area contributed by atoms with Gasteiger partial charge >= 0.3 is 0 Å². The van der Waals surface area contributed by atoms with Crippen LogP contribution in [0.2, 0.25) is 0 Å². The highest BCUT2D eigenvalue weighted by Crippen LogP contribution is 2.40. The van der Waals surface area contributed by atoms with Gasteiger partial charge in [-0.3, -0.25) is 14.6 Å². The normalized spacial score (nSPS) is 12.4. The van der Waals surface area contributed by atoms with E-state index < -0.39 is 0 Å². The van der Waals surface area contributed by atoms with Gasteiger partial charge in [-0.15, -0.1) is 0 Å². The second-order valence-electron chi connectivity index (χ2n) is 9.12. The van der Waals surface area contributed by atoms with E-state index in [0.717, 1.165) is 98.7 Å². The summed E-state index contributed by atoms with van der Waals surface area (Å²) in [6, 6.07) is 11.7. The minimum atomic E-state index is 0.0808. The van der Waals surface area contributed by atoms with Crippen molar-refractivity contribution in [1.29, 1.82) is 0 Å². The summed E-state index contributed by atoms with van der Waals surface area (Å²) in [5, 5.41) is 0. The van der Waals surface area contributed by atoms with Crippen molar-refractivity contribution in [1.82, 2.24) is 9.80 Å². The van der Waals surface area contributed by atoms with E-state index in [-0.39, 0.29) is 5.78 Å². The molecule has 0 unspecified atom stereocenters. The lowest BCUT2D eigenvalue weighted by molar-refractivity contribution is 0.104. The zero-order valence-corrected chi connectivity index (χ0v) is 21.6. The molecular weight excluding hydrogens is 424 g/mol. The maximum atomic E-state index is 12.9. The van der Waals surface area contributed by atoms with Gasteiger partial charge in [-0.2, -0.15) is 0 Å². The van der Waals surface area contributed by atoms with E-state index in [1.165, 1.54) is 0 Å². The highest BCUT2D eigenvalue weighted by molar-refractivity contribution is 6.21. The summed E-state index contributed by atoms with van der Waals surface area (Å²) >= 11 is 0. The summed E-state index contributed by atoms with van der Waals surface area (Å²) in [4.78, 5) is 17.8. The number of carbonyl (C=O) groups is 1. The molecule has 0 aromatic heterocycles. The molecule has 0 N–H and O–H groups in total. The Bertz CT molecular complexity index is 842. The molecule has 186 valence electrons. The number of fused-ring (bicyclic) bond motifs is 3. The Morgan fingerprint density at radius 2 is 0.941 bits per heavy atom. The smallest absolute Gasteiger partial charge is 0.194 e. The van der Waals surface area contributed by atoms with Gasteiger partial charge < -0.3 is 9.47 Å². The van der Waals surface area contributed by atoms with Gasteiger partial charge in [-0.25, -0.2) is 0 Å². The molecule has 0 spiro atoms. The van der Waals surface area contributed by atoms with Crippen LogP contribution in [0.5, 0.6) is 11.5 Å². The molecule has 0 atom stereocenters. The number of nitrogens with zero attached hydrogens (tertiary/aromatic N) is 2. The fourth-order valence-electron chi connectivity index (χ4n) is 4.73. The van der Waals surface area contributed by atoms with Gasteiger partial charge in [0.15, 0.2) is 5.78 Å². The van der Waals surface area contributed by atoms with E-state index >= 15 is 0 Å². The van der Waals surface area contributed by atoms with Crippen molar-refractivity contribution in [3.05, 3.63) is 47.5 Å². The summed E-state index contributed by atoms with van der Waals surface area (Å²) in [5.41, 5.74) is 3.38. The molecule has 2 aromatic carbocycles. The third-order valence-corrected chi connectivity index (χ3v) is 6.27. The van der Waals surface area contributed by atoms with Crippen LogP contribution in [0, 0.1) is 0 Å². The second-order valence-corrected chi connectivity index (χ2v) is 9.12. The molecule has 0 radical (unpaired) electrons. The molecule has 0 bridgehead atoms. The van der Waals surface area contributed by atoms with Crippen LogP contribution in [0.4, 0.5) is 0 Å². The molecule has 2 aromatic rings. The highest BCUT2D eigenvalue weighted by atomic mass is 16.5. The van der Waals surface area contributed by atoms with E-state index in [2.05, 4.69) is 37.5 Å². The fourth-order valence-corrected chi connectivity index (χ4v) is 4.73. The molecule has 1 aliphatic carbocycles. The van der Waals surface area contributed by atoms with E-state index in [9.17, 15) is 4.79 Å². The lowest BCUT2D eigenvalue weighted by Gasteiger charge is -2.21. The minimum Gasteiger partial charge on any atom is -0.492 e. The van der Waals surface area contributed by atoms with Crippen molar-refractivity contribution in [3.63, 3.8) is 0 Å². The Kier molecular flexibility index (Phi) is 10.4. The number of hydrogen-bond acceptors (Lipinski definition) is 5. The van der Waals surface area contributed by atoms with Crippen LogP contribution in [0.25, 0.3) is 11.1 Å². The van der Waals surface area contributed by atoms with E-state index in [1.807, 2.05) is 36.4 Å². The van der Waals surface area contributed by atoms with Crippen molar-refractivity contribution in [2.45, 2.75) is 53.4 Å². The zero-order valence-electron chi connectivity index (χ0n) is 21.6. The van der Waals surface area contributed by atoms with E-state index in [1.54, 1.807) is 0 Å². The SMILES string of the molecule is CCCN(CCC)CCOc1ccc2c(c1)-c1cc(OCCN(CCC)CCC)ccc1C2=O. The molecule has 0 fully saturated rings. The third kappa shape index (κ3) is 6.83. The van der Waals surface area contributed by atoms with Crippen LogP contribution in [-0.4, -0.2) is 68.1 Å². The Balaban J connectivity index is 1.65. The molecule has 34 heavy (non-hydrogen) atoms. The van der Waals surface area contributed by atoms with Crippen LogP contribution in [0.1, 0.15) is 69.3 Å². The first-order chi connectivity index (χ1) is 16.6. The van der Waals surface area contributed by atoms with Crippen molar-refractivity contribution in [2.24, 2.45) is 0 Å². The van der Waals surface area contributed by atoms with Crippen molar-refractivity contribution in [2.75, 3.05) is 52.5 Å². The molecule has 0 heterocycles. The average molecular weight is 467 g/mol. The van der Waals surface area contributed by atoms with E-state index in [4.69, 9.17) is 9.47 Å². The number of ketones is 1. The number of ether oxygens (including phenoxy) is 2. The van der Waals surface area contributed by atoms with Crippen LogP contribution in [-0.2, 0) is 0 Å². The lowest BCUT2D eigenvalue weighted by Crippen LogP contribution is -2.30. The average Bonchev–Trinajstić information content (AvgIpc) is 3.11. The van der Waals surface area contributed by atoms with Gasteiger partial charge in [0.05, 0.1) is 0 Å².